The molecule has 0 aliphatic carbocycles. The number of unbranched alkanes of at least 4 members (excludes halogenated alkanes) is 8. The van der Waals surface area contributed by atoms with E-state index in [0.29, 0.717) is 0 Å². The Labute approximate surface area is 102 Å². The van der Waals surface area contributed by atoms with E-state index in [2.05, 4.69) is 12.2 Å². The summed E-state index contributed by atoms with van der Waals surface area (Å²) in [7, 11) is 0. The fourth-order valence-electron chi connectivity index (χ4n) is 1.87. The highest BCUT2D eigenvalue weighted by molar-refractivity contribution is 4.53. The Morgan fingerprint density at radius 3 is 1.88 bits per heavy atom. The zero-order chi connectivity index (χ0) is 12.1. The van der Waals surface area contributed by atoms with Crippen molar-refractivity contribution in [2.75, 3.05) is 13.1 Å². The van der Waals surface area contributed by atoms with Crippen LogP contribution in [0, 0.1) is 0 Å². The number of hydrogen-bond acceptors (Lipinski definition) is 2. The Morgan fingerprint density at radius 1 is 0.875 bits per heavy atom. The van der Waals surface area contributed by atoms with Gasteiger partial charge in [0.2, 0.25) is 0 Å². The summed E-state index contributed by atoms with van der Waals surface area (Å²) in [4.78, 5) is 0. The minimum absolute atomic E-state index is 0.210. The van der Waals surface area contributed by atoms with Gasteiger partial charge in [0.05, 0.1) is 6.10 Å². The molecule has 2 heteroatoms. The van der Waals surface area contributed by atoms with Crippen molar-refractivity contribution in [2.24, 2.45) is 0 Å². The van der Waals surface area contributed by atoms with Gasteiger partial charge < -0.3 is 10.4 Å². The SMILES string of the molecule is CCCCCCCCCCCNC[C@@H](C)O. The van der Waals surface area contributed by atoms with Gasteiger partial charge in [-0.25, -0.2) is 0 Å². The molecule has 0 amide bonds. The van der Waals surface area contributed by atoms with Gasteiger partial charge in [-0.2, -0.15) is 0 Å². The second-order valence-corrected chi connectivity index (χ2v) is 4.88. The molecule has 16 heavy (non-hydrogen) atoms. The third-order valence-corrected chi connectivity index (χ3v) is 2.90. The molecule has 0 aliphatic rings. The van der Waals surface area contributed by atoms with E-state index in [1.165, 1.54) is 57.8 Å². The number of hydrogen-bond donors (Lipinski definition) is 2. The first-order valence-corrected chi connectivity index (χ1v) is 7.16. The topological polar surface area (TPSA) is 32.3 Å². The van der Waals surface area contributed by atoms with Crippen LogP contribution >= 0.6 is 0 Å². The van der Waals surface area contributed by atoms with E-state index in [1.54, 1.807) is 0 Å². The lowest BCUT2D eigenvalue weighted by molar-refractivity contribution is 0.191. The first kappa shape index (κ1) is 15.9. The first-order valence-electron chi connectivity index (χ1n) is 7.16. The maximum absolute atomic E-state index is 9.03. The van der Waals surface area contributed by atoms with E-state index in [4.69, 9.17) is 5.11 Å². The molecule has 0 saturated carbocycles. The molecular formula is C14H31NO. The van der Waals surface area contributed by atoms with Crippen molar-refractivity contribution < 1.29 is 5.11 Å². The fraction of sp³-hybridized carbons (Fsp3) is 1.00. The molecule has 0 saturated heterocycles. The van der Waals surface area contributed by atoms with E-state index < -0.39 is 0 Å². The minimum atomic E-state index is -0.210. The lowest BCUT2D eigenvalue weighted by atomic mass is 10.1. The zero-order valence-electron chi connectivity index (χ0n) is 11.3. The van der Waals surface area contributed by atoms with E-state index >= 15 is 0 Å². The highest BCUT2D eigenvalue weighted by Crippen LogP contribution is 2.09. The van der Waals surface area contributed by atoms with E-state index in [0.717, 1.165) is 13.1 Å². The number of nitrogens with one attached hydrogen (secondary N) is 1. The van der Waals surface area contributed by atoms with Crippen LogP contribution in [0.3, 0.4) is 0 Å². The van der Waals surface area contributed by atoms with Crippen molar-refractivity contribution in [1.82, 2.24) is 5.32 Å². The normalized spacial score (nSPS) is 12.9. The summed E-state index contributed by atoms with van der Waals surface area (Å²) in [5, 5.41) is 12.3. The van der Waals surface area contributed by atoms with Gasteiger partial charge in [0, 0.05) is 6.54 Å². The van der Waals surface area contributed by atoms with Gasteiger partial charge >= 0.3 is 0 Å². The van der Waals surface area contributed by atoms with Crippen LogP contribution in [-0.2, 0) is 0 Å². The molecule has 0 aromatic carbocycles. The predicted molar refractivity (Wildman–Crippen MR) is 71.8 cm³/mol. The molecule has 0 unspecified atom stereocenters. The molecule has 0 fully saturated rings. The highest BCUT2D eigenvalue weighted by atomic mass is 16.3. The standard InChI is InChI=1S/C14H31NO/c1-3-4-5-6-7-8-9-10-11-12-15-13-14(2)16/h14-16H,3-13H2,1-2H3/t14-/m1/s1. The molecular weight excluding hydrogens is 198 g/mol. The van der Waals surface area contributed by atoms with Crippen LogP contribution < -0.4 is 5.32 Å². The summed E-state index contributed by atoms with van der Waals surface area (Å²) in [6.45, 7) is 5.88. The van der Waals surface area contributed by atoms with Gasteiger partial charge in [-0.15, -0.1) is 0 Å². The van der Waals surface area contributed by atoms with Crippen molar-refractivity contribution in [3.8, 4) is 0 Å². The molecule has 2 N–H and O–H groups in total. The highest BCUT2D eigenvalue weighted by Gasteiger charge is 1.94. The quantitative estimate of drug-likeness (QED) is 0.502. The Kier molecular flexibility index (Phi) is 12.9. The van der Waals surface area contributed by atoms with Crippen LogP contribution in [0.25, 0.3) is 0 Å². The molecule has 0 aliphatic heterocycles. The second-order valence-electron chi connectivity index (χ2n) is 4.88. The largest absolute Gasteiger partial charge is 0.392 e. The van der Waals surface area contributed by atoms with Gasteiger partial charge in [-0.05, 0) is 19.9 Å². The summed E-state index contributed by atoms with van der Waals surface area (Å²) < 4.78 is 0. The molecule has 98 valence electrons. The van der Waals surface area contributed by atoms with Crippen LogP contribution in [-0.4, -0.2) is 24.3 Å². The van der Waals surface area contributed by atoms with Crippen LogP contribution in [0.1, 0.15) is 71.6 Å². The summed E-state index contributed by atoms with van der Waals surface area (Å²) in [5.41, 5.74) is 0. The molecule has 0 rings (SSSR count). The fourth-order valence-corrected chi connectivity index (χ4v) is 1.87. The minimum Gasteiger partial charge on any atom is -0.392 e. The smallest absolute Gasteiger partial charge is 0.0636 e. The average Bonchev–Trinajstić information content (AvgIpc) is 2.25. The molecule has 0 aromatic heterocycles. The van der Waals surface area contributed by atoms with E-state index in [-0.39, 0.29) is 6.10 Å². The van der Waals surface area contributed by atoms with Crippen LogP contribution in [0.15, 0.2) is 0 Å². The van der Waals surface area contributed by atoms with Gasteiger partial charge in [0.1, 0.15) is 0 Å². The zero-order valence-corrected chi connectivity index (χ0v) is 11.3. The van der Waals surface area contributed by atoms with Gasteiger partial charge in [-0.3, -0.25) is 0 Å². The number of aliphatic hydroxyl groups is 1. The van der Waals surface area contributed by atoms with Crippen molar-refractivity contribution >= 4 is 0 Å². The van der Waals surface area contributed by atoms with Crippen molar-refractivity contribution in [1.29, 1.82) is 0 Å². The summed E-state index contributed by atoms with van der Waals surface area (Å²) >= 11 is 0. The van der Waals surface area contributed by atoms with Crippen LogP contribution in [0.2, 0.25) is 0 Å². The Hall–Kier alpha value is -0.0800. The number of aliphatic hydroxyl groups excluding tert-OH is 1. The van der Waals surface area contributed by atoms with Crippen LogP contribution in [0.5, 0.6) is 0 Å². The Bertz CT molecular complexity index is 126. The van der Waals surface area contributed by atoms with Crippen molar-refractivity contribution in [3.05, 3.63) is 0 Å². The molecule has 0 spiro atoms. The summed E-state index contributed by atoms with van der Waals surface area (Å²) in [6.07, 6.45) is 12.2. The van der Waals surface area contributed by atoms with Crippen molar-refractivity contribution in [2.45, 2.75) is 77.7 Å². The number of rotatable bonds is 12. The average molecular weight is 229 g/mol. The molecule has 1 atom stereocenters. The summed E-state index contributed by atoms with van der Waals surface area (Å²) in [5.74, 6) is 0. The molecule has 0 bridgehead atoms. The monoisotopic (exact) mass is 229 g/mol. The van der Waals surface area contributed by atoms with E-state index in [1.807, 2.05) is 6.92 Å². The Morgan fingerprint density at radius 2 is 1.38 bits per heavy atom. The molecule has 0 heterocycles. The molecule has 0 aromatic rings. The maximum atomic E-state index is 9.03. The first-order chi connectivity index (χ1) is 7.77. The lowest BCUT2D eigenvalue weighted by Crippen LogP contribution is -2.25. The van der Waals surface area contributed by atoms with Gasteiger partial charge in [0.25, 0.3) is 0 Å². The van der Waals surface area contributed by atoms with E-state index in [9.17, 15) is 0 Å². The second kappa shape index (κ2) is 13.0. The third kappa shape index (κ3) is 13.9. The third-order valence-electron chi connectivity index (χ3n) is 2.90. The lowest BCUT2D eigenvalue weighted by Gasteiger charge is -2.06. The van der Waals surface area contributed by atoms with Gasteiger partial charge in [-0.1, -0.05) is 58.3 Å². The predicted octanol–water partition coefficient (Wildman–Crippen LogP) is 3.49. The Balaban J connectivity index is 2.88. The molecule has 2 nitrogen and oxygen atoms in total. The maximum Gasteiger partial charge on any atom is 0.0636 e. The summed E-state index contributed by atoms with van der Waals surface area (Å²) in [6, 6.07) is 0. The van der Waals surface area contributed by atoms with Gasteiger partial charge in [0.15, 0.2) is 0 Å². The van der Waals surface area contributed by atoms with Crippen LogP contribution in [0.4, 0.5) is 0 Å². The molecule has 0 radical (unpaired) electrons. The van der Waals surface area contributed by atoms with Crippen molar-refractivity contribution in [3.63, 3.8) is 0 Å².